The van der Waals surface area contributed by atoms with Crippen molar-refractivity contribution in [1.29, 1.82) is 0 Å². The fraction of sp³-hybridized carbons (Fsp3) is 0.273. The summed E-state index contributed by atoms with van der Waals surface area (Å²) in [4.78, 5) is 0. The largest absolute Gasteiger partial charge is 0.498 e. The first kappa shape index (κ1) is 8.32. The van der Waals surface area contributed by atoms with Crippen LogP contribution in [0.15, 0.2) is 42.7 Å². The van der Waals surface area contributed by atoms with E-state index in [2.05, 4.69) is 12.1 Å². The monoisotopic (exact) mass is 176 g/mol. The standard InChI is InChI=1S/C11H12O2/c1-2-4-10(5-3-1)8-13-11-6-7-12-9-11/h1-7,11H,8-9H2. The number of ether oxygens (including phenoxy) is 2. The average Bonchev–Trinajstić information content (AvgIpc) is 2.69. The van der Waals surface area contributed by atoms with Gasteiger partial charge >= 0.3 is 0 Å². The Kier molecular flexibility index (Phi) is 2.62. The molecule has 1 aliphatic heterocycles. The number of rotatable bonds is 3. The number of hydrogen-bond acceptors (Lipinski definition) is 2. The number of benzene rings is 1. The minimum atomic E-state index is 0.125. The quantitative estimate of drug-likeness (QED) is 0.702. The molecular weight excluding hydrogens is 164 g/mol. The first-order valence-electron chi connectivity index (χ1n) is 4.39. The molecule has 1 heterocycles. The zero-order chi connectivity index (χ0) is 8.93. The highest BCUT2D eigenvalue weighted by Gasteiger charge is 2.09. The molecule has 1 aromatic rings. The van der Waals surface area contributed by atoms with Gasteiger partial charge in [-0.25, -0.2) is 0 Å². The Hall–Kier alpha value is -1.28. The molecule has 1 atom stereocenters. The van der Waals surface area contributed by atoms with Crippen molar-refractivity contribution in [2.75, 3.05) is 6.61 Å². The lowest BCUT2D eigenvalue weighted by atomic mass is 10.2. The van der Waals surface area contributed by atoms with E-state index in [1.54, 1.807) is 6.26 Å². The van der Waals surface area contributed by atoms with Crippen molar-refractivity contribution >= 4 is 0 Å². The molecule has 0 aliphatic carbocycles. The van der Waals surface area contributed by atoms with E-state index in [1.807, 2.05) is 24.3 Å². The van der Waals surface area contributed by atoms with Gasteiger partial charge < -0.3 is 9.47 Å². The van der Waals surface area contributed by atoms with E-state index in [-0.39, 0.29) is 6.10 Å². The van der Waals surface area contributed by atoms with Crippen LogP contribution in [0.5, 0.6) is 0 Å². The van der Waals surface area contributed by atoms with Gasteiger partial charge in [-0.3, -0.25) is 0 Å². The maximum absolute atomic E-state index is 5.58. The second kappa shape index (κ2) is 4.10. The van der Waals surface area contributed by atoms with Gasteiger partial charge in [0.05, 0.1) is 12.9 Å². The predicted molar refractivity (Wildman–Crippen MR) is 50.1 cm³/mol. The Bertz CT molecular complexity index is 279. The molecule has 0 bridgehead atoms. The summed E-state index contributed by atoms with van der Waals surface area (Å²) in [7, 11) is 0. The summed E-state index contributed by atoms with van der Waals surface area (Å²) in [6.45, 7) is 1.30. The molecule has 1 unspecified atom stereocenters. The van der Waals surface area contributed by atoms with Crippen molar-refractivity contribution in [2.45, 2.75) is 12.7 Å². The first-order valence-corrected chi connectivity index (χ1v) is 4.39. The lowest BCUT2D eigenvalue weighted by molar-refractivity contribution is 0.0449. The molecule has 0 saturated heterocycles. The van der Waals surface area contributed by atoms with E-state index in [9.17, 15) is 0 Å². The summed E-state index contributed by atoms with van der Waals surface area (Å²) in [5, 5.41) is 0. The molecule has 0 radical (unpaired) electrons. The van der Waals surface area contributed by atoms with Crippen LogP contribution < -0.4 is 0 Å². The maximum Gasteiger partial charge on any atom is 0.117 e. The summed E-state index contributed by atoms with van der Waals surface area (Å²) < 4.78 is 10.6. The van der Waals surface area contributed by atoms with Crippen LogP contribution in [-0.2, 0) is 16.1 Å². The van der Waals surface area contributed by atoms with Crippen LogP contribution in [0.2, 0.25) is 0 Å². The molecule has 1 aliphatic rings. The third kappa shape index (κ3) is 2.33. The second-order valence-electron chi connectivity index (χ2n) is 3.00. The van der Waals surface area contributed by atoms with E-state index in [1.165, 1.54) is 5.56 Å². The second-order valence-corrected chi connectivity index (χ2v) is 3.00. The molecule has 0 N–H and O–H groups in total. The van der Waals surface area contributed by atoms with E-state index >= 15 is 0 Å². The lowest BCUT2D eigenvalue weighted by Crippen LogP contribution is -2.11. The van der Waals surface area contributed by atoms with Gasteiger partial charge in [0.2, 0.25) is 0 Å². The van der Waals surface area contributed by atoms with Crippen LogP contribution >= 0.6 is 0 Å². The van der Waals surface area contributed by atoms with Gasteiger partial charge in [0.1, 0.15) is 12.7 Å². The van der Waals surface area contributed by atoms with Crippen molar-refractivity contribution in [1.82, 2.24) is 0 Å². The molecule has 2 rings (SSSR count). The van der Waals surface area contributed by atoms with Crippen LogP contribution in [0.25, 0.3) is 0 Å². The Morgan fingerprint density at radius 3 is 2.85 bits per heavy atom. The minimum Gasteiger partial charge on any atom is -0.498 e. The molecule has 13 heavy (non-hydrogen) atoms. The average molecular weight is 176 g/mol. The Morgan fingerprint density at radius 2 is 2.15 bits per heavy atom. The van der Waals surface area contributed by atoms with Crippen molar-refractivity contribution in [2.24, 2.45) is 0 Å². The van der Waals surface area contributed by atoms with Crippen molar-refractivity contribution in [3.05, 3.63) is 48.2 Å². The smallest absolute Gasteiger partial charge is 0.117 e. The molecular formula is C11H12O2. The minimum absolute atomic E-state index is 0.125. The summed E-state index contributed by atoms with van der Waals surface area (Å²) >= 11 is 0. The summed E-state index contributed by atoms with van der Waals surface area (Å²) in [6.07, 6.45) is 3.75. The zero-order valence-corrected chi connectivity index (χ0v) is 7.35. The van der Waals surface area contributed by atoms with Gasteiger partial charge in [-0.05, 0) is 11.6 Å². The van der Waals surface area contributed by atoms with Crippen LogP contribution in [0.3, 0.4) is 0 Å². The van der Waals surface area contributed by atoms with Gasteiger partial charge in [-0.15, -0.1) is 0 Å². The fourth-order valence-corrected chi connectivity index (χ4v) is 1.23. The molecule has 68 valence electrons. The molecule has 0 amide bonds. The Morgan fingerprint density at radius 1 is 1.31 bits per heavy atom. The van der Waals surface area contributed by atoms with Crippen LogP contribution in [0.4, 0.5) is 0 Å². The van der Waals surface area contributed by atoms with Gasteiger partial charge in [0.25, 0.3) is 0 Å². The van der Waals surface area contributed by atoms with Gasteiger partial charge in [-0.2, -0.15) is 0 Å². The summed E-state index contributed by atoms with van der Waals surface area (Å²) in [5.41, 5.74) is 1.20. The fourth-order valence-electron chi connectivity index (χ4n) is 1.23. The van der Waals surface area contributed by atoms with Crippen molar-refractivity contribution in [3.63, 3.8) is 0 Å². The van der Waals surface area contributed by atoms with Crippen LogP contribution in [0, 0.1) is 0 Å². The molecule has 0 saturated carbocycles. The Balaban J connectivity index is 1.82. The normalized spacial score (nSPS) is 20.2. The van der Waals surface area contributed by atoms with Gasteiger partial charge in [-0.1, -0.05) is 30.3 Å². The highest BCUT2D eigenvalue weighted by molar-refractivity contribution is 5.13. The van der Waals surface area contributed by atoms with Crippen LogP contribution in [0.1, 0.15) is 5.56 Å². The zero-order valence-electron chi connectivity index (χ0n) is 7.35. The van der Waals surface area contributed by atoms with E-state index < -0.39 is 0 Å². The van der Waals surface area contributed by atoms with Crippen molar-refractivity contribution in [3.8, 4) is 0 Å². The molecule has 0 spiro atoms. The first-order chi connectivity index (χ1) is 6.45. The predicted octanol–water partition coefficient (Wildman–Crippen LogP) is 2.12. The third-order valence-electron chi connectivity index (χ3n) is 1.96. The number of hydrogen-bond donors (Lipinski definition) is 0. The third-order valence-corrected chi connectivity index (χ3v) is 1.96. The van der Waals surface area contributed by atoms with Crippen molar-refractivity contribution < 1.29 is 9.47 Å². The van der Waals surface area contributed by atoms with Gasteiger partial charge in [0, 0.05) is 0 Å². The summed E-state index contributed by atoms with van der Waals surface area (Å²) in [6, 6.07) is 10.1. The van der Waals surface area contributed by atoms with E-state index in [0.29, 0.717) is 13.2 Å². The topological polar surface area (TPSA) is 18.5 Å². The molecule has 0 fully saturated rings. The summed E-state index contributed by atoms with van der Waals surface area (Å²) in [5.74, 6) is 0. The molecule has 1 aromatic carbocycles. The lowest BCUT2D eigenvalue weighted by Gasteiger charge is -2.08. The SMILES string of the molecule is C1=CC(OCc2ccccc2)CO1. The molecule has 2 nitrogen and oxygen atoms in total. The van der Waals surface area contributed by atoms with Gasteiger partial charge in [0.15, 0.2) is 0 Å². The van der Waals surface area contributed by atoms with E-state index in [0.717, 1.165) is 0 Å². The highest BCUT2D eigenvalue weighted by atomic mass is 16.5. The molecule has 0 aromatic heterocycles. The van der Waals surface area contributed by atoms with Crippen LogP contribution in [-0.4, -0.2) is 12.7 Å². The molecule has 2 heteroatoms. The highest BCUT2D eigenvalue weighted by Crippen LogP contribution is 2.08. The maximum atomic E-state index is 5.58. The Labute approximate surface area is 77.8 Å². The van der Waals surface area contributed by atoms with E-state index in [4.69, 9.17) is 9.47 Å².